The van der Waals surface area contributed by atoms with Gasteiger partial charge in [-0.1, -0.05) is 23.2 Å². The Morgan fingerprint density at radius 2 is 1.88 bits per heavy atom. The van der Waals surface area contributed by atoms with E-state index in [4.69, 9.17) is 32.7 Å². The molecule has 0 aliphatic carbocycles. The van der Waals surface area contributed by atoms with Crippen molar-refractivity contribution in [1.82, 2.24) is 4.98 Å². The van der Waals surface area contributed by atoms with E-state index in [0.717, 1.165) is 5.56 Å². The molecule has 2 aromatic rings. The molecule has 90 valence electrons. The lowest BCUT2D eigenvalue weighted by molar-refractivity contribution is 0.410. The van der Waals surface area contributed by atoms with Crippen LogP contribution >= 0.6 is 23.2 Å². The predicted molar refractivity (Wildman–Crippen MR) is 69.6 cm³/mol. The topological polar surface area (TPSA) is 31.4 Å². The molecule has 0 radical (unpaired) electrons. The van der Waals surface area contributed by atoms with Crippen molar-refractivity contribution in [3.63, 3.8) is 0 Å². The third kappa shape index (κ3) is 1.90. The van der Waals surface area contributed by atoms with Crippen molar-refractivity contribution >= 4 is 34.1 Å². The van der Waals surface area contributed by atoms with Gasteiger partial charge in [0.05, 0.1) is 29.7 Å². The lowest BCUT2D eigenvalue weighted by Crippen LogP contribution is -1.94. The maximum absolute atomic E-state index is 6.28. The number of aryl methyl sites for hydroxylation is 1. The van der Waals surface area contributed by atoms with Crippen molar-refractivity contribution in [3.8, 4) is 11.5 Å². The predicted octanol–water partition coefficient (Wildman–Crippen LogP) is 3.87. The average molecular weight is 272 g/mol. The summed E-state index contributed by atoms with van der Waals surface area (Å²) in [5.41, 5.74) is 1.51. The minimum atomic E-state index is 0.450. The molecule has 1 aromatic heterocycles. The quantitative estimate of drug-likeness (QED) is 0.831. The molecule has 0 atom stereocenters. The molecule has 0 amide bonds. The van der Waals surface area contributed by atoms with Crippen LogP contribution in [-0.2, 0) is 0 Å². The van der Waals surface area contributed by atoms with Gasteiger partial charge in [0.25, 0.3) is 0 Å². The normalized spacial score (nSPS) is 10.6. The smallest absolute Gasteiger partial charge is 0.148 e. The Hall–Kier alpha value is -1.19. The Morgan fingerprint density at radius 1 is 1.18 bits per heavy atom. The Balaban J connectivity index is 2.98. The number of methoxy groups -OCH3 is 2. The summed E-state index contributed by atoms with van der Waals surface area (Å²) in [6, 6.07) is 1.67. The lowest BCUT2D eigenvalue weighted by Gasteiger charge is -2.13. The molecule has 1 heterocycles. The minimum Gasteiger partial charge on any atom is -0.494 e. The van der Waals surface area contributed by atoms with Crippen LogP contribution < -0.4 is 9.47 Å². The minimum absolute atomic E-state index is 0.450. The second kappa shape index (κ2) is 4.59. The molecule has 0 fully saturated rings. The van der Waals surface area contributed by atoms with Gasteiger partial charge < -0.3 is 9.47 Å². The van der Waals surface area contributed by atoms with E-state index in [0.29, 0.717) is 32.4 Å². The fourth-order valence-electron chi connectivity index (χ4n) is 1.70. The van der Waals surface area contributed by atoms with Crippen molar-refractivity contribution in [1.29, 1.82) is 0 Å². The SMILES string of the molecule is COc1cc(Cl)c(OC)c2c(Cl)c(C)cnc12. The lowest BCUT2D eigenvalue weighted by atomic mass is 10.1. The first-order valence-electron chi connectivity index (χ1n) is 4.95. The zero-order valence-corrected chi connectivity index (χ0v) is 11.2. The molecule has 0 unspecified atom stereocenters. The largest absolute Gasteiger partial charge is 0.494 e. The van der Waals surface area contributed by atoms with Crippen LogP contribution in [0.15, 0.2) is 12.3 Å². The monoisotopic (exact) mass is 271 g/mol. The molecule has 0 saturated carbocycles. The molecule has 17 heavy (non-hydrogen) atoms. The third-order valence-electron chi connectivity index (χ3n) is 2.55. The zero-order valence-electron chi connectivity index (χ0n) is 9.67. The van der Waals surface area contributed by atoms with E-state index in [-0.39, 0.29) is 0 Å². The summed E-state index contributed by atoms with van der Waals surface area (Å²) in [5, 5.41) is 1.71. The van der Waals surface area contributed by atoms with E-state index in [1.807, 2.05) is 6.92 Å². The zero-order chi connectivity index (χ0) is 12.6. The Labute approximate surface area is 109 Å². The first-order chi connectivity index (χ1) is 8.10. The maximum Gasteiger partial charge on any atom is 0.148 e. The number of aromatic nitrogens is 1. The van der Waals surface area contributed by atoms with Crippen molar-refractivity contribution in [2.75, 3.05) is 14.2 Å². The maximum atomic E-state index is 6.28. The van der Waals surface area contributed by atoms with Crippen LogP contribution in [0, 0.1) is 6.92 Å². The molecule has 0 saturated heterocycles. The van der Waals surface area contributed by atoms with Crippen LogP contribution in [-0.4, -0.2) is 19.2 Å². The number of hydrogen-bond donors (Lipinski definition) is 0. The van der Waals surface area contributed by atoms with Crippen molar-refractivity contribution in [2.24, 2.45) is 0 Å². The number of rotatable bonds is 2. The van der Waals surface area contributed by atoms with E-state index < -0.39 is 0 Å². The fraction of sp³-hybridized carbons (Fsp3) is 0.250. The first kappa shape index (κ1) is 12.3. The van der Waals surface area contributed by atoms with Gasteiger partial charge in [-0.2, -0.15) is 0 Å². The molecule has 0 aliphatic rings. The summed E-state index contributed by atoms with van der Waals surface area (Å²) < 4.78 is 10.5. The summed E-state index contributed by atoms with van der Waals surface area (Å²) >= 11 is 12.4. The Kier molecular flexibility index (Phi) is 3.31. The average Bonchev–Trinajstić information content (AvgIpc) is 2.33. The van der Waals surface area contributed by atoms with E-state index in [2.05, 4.69) is 4.98 Å². The fourth-order valence-corrected chi connectivity index (χ4v) is 2.20. The van der Waals surface area contributed by atoms with Crippen LogP contribution in [0.25, 0.3) is 10.9 Å². The Morgan fingerprint density at radius 3 is 2.47 bits per heavy atom. The van der Waals surface area contributed by atoms with Gasteiger partial charge in [-0.05, 0) is 12.5 Å². The second-order valence-electron chi connectivity index (χ2n) is 3.57. The van der Waals surface area contributed by atoms with Gasteiger partial charge in [0, 0.05) is 12.3 Å². The molecule has 2 rings (SSSR count). The second-order valence-corrected chi connectivity index (χ2v) is 4.36. The molecule has 0 bridgehead atoms. The third-order valence-corrected chi connectivity index (χ3v) is 3.32. The molecular weight excluding hydrogens is 261 g/mol. The number of hydrogen-bond acceptors (Lipinski definition) is 3. The van der Waals surface area contributed by atoms with E-state index in [1.165, 1.54) is 0 Å². The molecule has 3 nitrogen and oxygen atoms in total. The number of ether oxygens (including phenoxy) is 2. The van der Waals surface area contributed by atoms with E-state index in [9.17, 15) is 0 Å². The van der Waals surface area contributed by atoms with Gasteiger partial charge in [-0.3, -0.25) is 4.98 Å². The van der Waals surface area contributed by atoms with Crippen molar-refractivity contribution in [3.05, 3.63) is 27.9 Å². The number of halogens is 2. The van der Waals surface area contributed by atoms with Crippen LogP contribution in [0.5, 0.6) is 11.5 Å². The highest BCUT2D eigenvalue weighted by Crippen LogP contribution is 2.42. The standard InChI is InChI=1S/C12H11Cl2NO2/c1-6-5-15-11-8(16-2)4-7(13)12(17-3)9(11)10(6)14/h4-5H,1-3H3. The number of benzene rings is 1. The number of fused-ring (bicyclic) bond motifs is 1. The number of nitrogens with zero attached hydrogens (tertiary/aromatic N) is 1. The molecule has 0 spiro atoms. The molecular formula is C12H11Cl2NO2. The van der Waals surface area contributed by atoms with Crippen LogP contribution in [0.3, 0.4) is 0 Å². The Bertz CT molecular complexity index is 584. The molecule has 0 N–H and O–H groups in total. The van der Waals surface area contributed by atoms with Crippen molar-refractivity contribution < 1.29 is 9.47 Å². The van der Waals surface area contributed by atoms with Crippen LogP contribution in [0.4, 0.5) is 0 Å². The van der Waals surface area contributed by atoms with Gasteiger partial charge in [0.1, 0.15) is 17.0 Å². The first-order valence-corrected chi connectivity index (χ1v) is 5.71. The van der Waals surface area contributed by atoms with Gasteiger partial charge in [-0.25, -0.2) is 0 Å². The van der Waals surface area contributed by atoms with Crippen LogP contribution in [0.2, 0.25) is 10.0 Å². The van der Waals surface area contributed by atoms with E-state index >= 15 is 0 Å². The summed E-state index contributed by atoms with van der Waals surface area (Å²) in [4.78, 5) is 4.31. The molecule has 0 aliphatic heterocycles. The van der Waals surface area contributed by atoms with Gasteiger partial charge in [0.2, 0.25) is 0 Å². The van der Waals surface area contributed by atoms with Gasteiger partial charge in [0.15, 0.2) is 0 Å². The highest BCUT2D eigenvalue weighted by atomic mass is 35.5. The van der Waals surface area contributed by atoms with Crippen LogP contribution in [0.1, 0.15) is 5.56 Å². The van der Waals surface area contributed by atoms with Gasteiger partial charge >= 0.3 is 0 Å². The summed E-state index contributed by atoms with van der Waals surface area (Å²) in [5.74, 6) is 1.09. The number of pyridine rings is 1. The highest BCUT2D eigenvalue weighted by molar-refractivity contribution is 6.39. The summed E-state index contributed by atoms with van der Waals surface area (Å²) in [7, 11) is 3.11. The van der Waals surface area contributed by atoms with Gasteiger partial charge in [-0.15, -0.1) is 0 Å². The molecule has 5 heteroatoms. The van der Waals surface area contributed by atoms with Crippen molar-refractivity contribution in [2.45, 2.75) is 6.92 Å². The summed E-state index contributed by atoms with van der Waals surface area (Å²) in [6.45, 7) is 1.88. The molecule has 1 aromatic carbocycles. The highest BCUT2D eigenvalue weighted by Gasteiger charge is 2.17. The van der Waals surface area contributed by atoms with E-state index in [1.54, 1.807) is 26.5 Å². The summed E-state index contributed by atoms with van der Waals surface area (Å²) in [6.07, 6.45) is 1.69.